The maximum Gasteiger partial charge on any atom is 0.270 e. The molecule has 4 rings (SSSR count). The zero-order valence-corrected chi connectivity index (χ0v) is 18.3. The van der Waals surface area contributed by atoms with E-state index in [9.17, 15) is 9.59 Å². The molecule has 2 amide bonds. The van der Waals surface area contributed by atoms with Gasteiger partial charge >= 0.3 is 0 Å². The Kier molecular flexibility index (Phi) is 7.27. The van der Waals surface area contributed by atoms with Crippen LogP contribution < -0.4 is 15.5 Å². The van der Waals surface area contributed by atoms with E-state index in [-0.39, 0.29) is 11.6 Å². The third-order valence-electron chi connectivity index (χ3n) is 5.12. The van der Waals surface area contributed by atoms with Gasteiger partial charge in [-0.3, -0.25) is 14.8 Å². The smallest absolute Gasteiger partial charge is 0.270 e. The normalized spacial score (nSPS) is 10.9. The molecule has 0 aliphatic rings. The van der Waals surface area contributed by atoms with Gasteiger partial charge in [0, 0.05) is 24.1 Å². The van der Waals surface area contributed by atoms with Crippen LogP contribution in [-0.2, 0) is 17.9 Å². The minimum atomic E-state index is -0.605. The minimum Gasteiger partial charge on any atom is -0.488 e. The fraction of sp³-hybridized carbons (Fsp3) is 0.0741. The van der Waals surface area contributed by atoms with Gasteiger partial charge in [-0.15, -0.1) is 0 Å². The first-order valence-electron chi connectivity index (χ1n) is 10.7. The summed E-state index contributed by atoms with van der Waals surface area (Å²) in [5, 5.41) is 12.3. The molecule has 0 saturated carbocycles. The van der Waals surface area contributed by atoms with E-state index >= 15 is 0 Å². The van der Waals surface area contributed by atoms with Crippen molar-refractivity contribution in [3.05, 3.63) is 113 Å². The molecule has 0 radical (unpaired) electrons. The Labute approximate surface area is 196 Å². The van der Waals surface area contributed by atoms with Crippen molar-refractivity contribution in [3.63, 3.8) is 0 Å². The summed E-state index contributed by atoms with van der Waals surface area (Å²) in [5.74, 6) is -0.312. The summed E-state index contributed by atoms with van der Waals surface area (Å²) in [6, 6.07) is 26.4. The highest BCUT2D eigenvalue weighted by molar-refractivity contribution is 5.97. The zero-order valence-electron chi connectivity index (χ0n) is 18.3. The van der Waals surface area contributed by atoms with Gasteiger partial charge in [-0.2, -0.15) is 0 Å². The molecule has 0 aliphatic heterocycles. The summed E-state index contributed by atoms with van der Waals surface area (Å²) in [7, 11) is 0. The highest BCUT2D eigenvalue weighted by Gasteiger charge is 2.13. The van der Waals surface area contributed by atoms with E-state index in [4.69, 9.17) is 9.94 Å². The molecule has 0 unspecified atom stereocenters. The number of rotatable bonds is 8. The minimum absolute atomic E-state index is 0.274. The molecule has 3 aromatic carbocycles. The van der Waals surface area contributed by atoms with E-state index in [0.29, 0.717) is 24.4 Å². The quantitative estimate of drug-likeness (QED) is 0.210. The summed E-state index contributed by atoms with van der Waals surface area (Å²) >= 11 is 0. The van der Waals surface area contributed by atoms with E-state index in [0.717, 1.165) is 22.1 Å². The largest absolute Gasteiger partial charge is 0.488 e. The number of pyridine rings is 1. The fourth-order valence-electron chi connectivity index (χ4n) is 3.34. The Balaban J connectivity index is 1.46. The highest BCUT2D eigenvalue weighted by Crippen LogP contribution is 2.26. The molecule has 3 N–H and O–H groups in total. The first kappa shape index (κ1) is 22.7. The monoisotopic (exact) mass is 453 g/mol. The van der Waals surface area contributed by atoms with Crippen LogP contribution in [0.25, 0.3) is 17.0 Å². The Morgan fingerprint density at radius 2 is 1.65 bits per heavy atom. The number of nitrogens with zero attached hydrogens (tertiary/aromatic N) is 1. The van der Waals surface area contributed by atoms with Crippen LogP contribution in [-0.4, -0.2) is 22.0 Å². The predicted molar refractivity (Wildman–Crippen MR) is 129 cm³/mol. The Morgan fingerprint density at radius 3 is 2.41 bits per heavy atom. The van der Waals surface area contributed by atoms with Gasteiger partial charge in [0.2, 0.25) is 0 Å². The third-order valence-corrected chi connectivity index (χ3v) is 5.12. The van der Waals surface area contributed by atoms with Gasteiger partial charge in [-0.1, -0.05) is 66.7 Å². The van der Waals surface area contributed by atoms with Crippen LogP contribution in [0.15, 0.2) is 91.0 Å². The molecule has 0 atom stereocenters. The Hall–Kier alpha value is -4.49. The highest BCUT2D eigenvalue weighted by atomic mass is 16.5. The predicted octanol–water partition coefficient (Wildman–Crippen LogP) is 4.26. The zero-order chi connectivity index (χ0) is 23.8. The first-order valence-corrected chi connectivity index (χ1v) is 10.7. The van der Waals surface area contributed by atoms with Gasteiger partial charge in [0.05, 0.1) is 5.52 Å². The van der Waals surface area contributed by atoms with E-state index in [2.05, 4.69) is 10.3 Å². The number of hydrogen-bond acceptors (Lipinski definition) is 5. The lowest BCUT2D eigenvalue weighted by Gasteiger charge is -2.12. The number of benzene rings is 3. The molecule has 4 aromatic rings. The summed E-state index contributed by atoms with van der Waals surface area (Å²) < 4.78 is 6.05. The summed E-state index contributed by atoms with van der Waals surface area (Å²) in [5.41, 5.74) is 5.20. The van der Waals surface area contributed by atoms with Crippen LogP contribution in [0.2, 0.25) is 0 Å². The number of para-hydroxylation sites is 1. The number of hydrogen-bond donors (Lipinski definition) is 3. The lowest BCUT2D eigenvalue weighted by molar-refractivity contribution is -0.124. The Bertz CT molecular complexity index is 1320. The number of aromatic nitrogens is 1. The lowest BCUT2D eigenvalue weighted by Crippen LogP contribution is -2.24. The lowest BCUT2D eigenvalue weighted by atomic mass is 10.1. The van der Waals surface area contributed by atoms with Crippen molar-refractivity contribution in [1.29, 1.82) is 0 Å². The van der Waals surface area contributed by atoms with Crippen molar-refractivity contribution in [2.75, 3.05) is 0 Å². The molecule has 0 bridgehead atoms. The van der Waals surface area contributed by atoms with Crippen molar-refractivity contribution in [2.45, 2.75) is 13.2 Å². The molecule has 170 valence electrons. The Morgan fingerprint density at radius 1 is 0.912 bits per heavy atom. The van der Waals surface area contributed by atoms with Crippen molar-refractivity contribution >= 4 is 28.8 Å². The molecule has 1 heterocycles. The van der Waals surface area contributed by atoms with Gasteiger partial charge in [-0.05, 0) is 34.9 Å². The van der Waals surface area contributed by atoms with Gasteiger partial charge in [0.15, 0.2) is 0 Å². The van der Waals surface area contributed by atoms with Crippen LogP contribution >= 0.6 is 0 Å². The molecule has 0 saturated heterocycles. The molecule has 0 spiro atoms. The number of hydroxylamine groups is 1. The number of ether oxygens (including phenoxy) is 1. The molecule has 1 aromatic heterocycles. The maximum atomic E-state index is 12.9. The molecule has 7 nitrogen and oxygen atoms in total. The van der Waals surface area contributed by atoms with E-state index < -0.39 is 5.91 Å². The van der Waals surface area contributed by atoms with Crippen LogP contribution in [0.5, 0.6) is 5.75 Å². The van der Waals surface area contributed by atoms with E-state index in [1.54, 1.807) is 12.1 Å². The average Bonchev–Trinajstić information content (AvgIpc) is 2.90. The van der Waals surface area contributed by atoms with E-state index in [1.165, 1.54) is 11.6 Å². The summed E-state index contributed by atoms with van der Waals surface area (Å²) in [6.45, 7) is 0.700. The second kappa shape index (κ2) is 10.9. The number of fused-ring (bicyclic) bond motifs is 1. The number of carbonyl (C=O) groups is 2. The first-order chi connectivity index (χ1) is 16.6. The molecular weight excluding hydrogens is 430 g/mol. The van der Waals surface area contributed by atoms with Crippen LogP contribution in [0.4, 0.5) is 0 Å². The van der Waals surface area contributed by atoms with Crippen LogP contribution in [0, 0.1) is 0 Å². The molecular formula is C27H23N3O4. The second-order valence-electron chi connectivity index (χ2n) is 7.53. The molecule has 7 heteroatoms. The van der Waals surface area contributed by atoms with Crippen molar-refractivity contribution < 1.29 is 19.5 Å². The summed E-state index contributed by atoms with van der Waals surface area (Å²) in [4.78, 5) is 28.4. The van der Waals surface area contributed by atoms with Crippen molar-refractivity contribution in [3.8, 4) is 5.75 Å². The van der Waals surface area contributed by atoms with Crippen LogP contribution in [0.3, 0.4) is 0 Å². The second-order valence-corrected chi connectivity index (χ2v) is 7.53. The molecule has 0 fully saturated rings. The fourth-order valence-corrected chi connectivity index (χ4v) is 3.34. The summed E-state index contributed by atoms with van der Waals surface area (Å²) in [6.07, 6.45) is 2.80. The molecule has 0 aliphatic carbocycles. The van der Waals surface area contributed by atoms with E-state index in [1.807, 2.05) is 78.9 Å². The standard InChI is InChI=1S/C27H23N3O4/c31-26(30-33)15-14-19-10-12-20(13-11-19)17-28-27(32)24-16-25(22-8-4-5-9-23(22)29-24)34-18-21-6-2-1-3-7-21/h1-16,33H,17-18H2,(H,28,32)(H,30,31)/b15-14+. The number of nitrogens with one attached hydrogen (secondary N) is 2. The van der Waals surface area contributed by atoms with Gasteiger partial charge in [0.25, 0.3) is 11.8 Å². The van der Waals surface area contributed by atoms with Gasteiger partial charge < -0.3 is 10.1 Å². The number of carbonyl (C=O) groups excluding carboxylic acids is 2. The van der Waals surface area contributed by atoms with Crippen molar-refractivity contribution in [1.82, 2.24) is 15.8 Å². The topological polar surface area (TPSA) is 101 Å². The van der Waals surface area contributed by atoms with Gasteiger partial charge in [0.1, 0.15) is 18.1 Å². The number of amides is 2. The maximum absolute atomic E-state index is 12.9. The SMILES string of the molecule is O=C(/C=C/c1ccc(CNC(=O)c2cc(OCc3ccccc3)c3ccccc3n2)cc1)NO. The molecule has 34 heavy (non-hydrogen) atoms. The van der Waals surface area contributed by atoms with Gasteiger partial charge in [-0.25, -0.2) is 10.5 Å². The van der Waals surface area contributed by atoms with Crippen LogP contribution in [0.1, 0.15) is 27.2 Å². The third kappa shape index (κ3) is 5.85. The average molecular weight is 453 g/mol. The van der Waals surface area contributed by atoms with Crippen molar-refractivity contribution in [2.24, 2.45) is 0 Å².